The number of esters is 2. The van der Waals surface area contributed by atoms with Crippen LogP contribution < -0.4 is 0 Å². The Bertz CT molecular complexity index is 650. The fraction of sp³-hybridized carbons (Fsp3) is 0.471. The lowest BCUT2D eigenvalue weighted by molar-refractivity contribution is -0.175. The maximum atomic E-state index is 12.7. The molecule has 2 atom stereocenters. The highest BCUT2D eigenvalue weighted by atomic mass is 79.9. The highest BCUT2D eigenvalue weighted by Crippen LogP contribution is 2.38. The first kappa shape index (κ1) is 18.4. The number of hydrogen-bond acceptors (Lipinski definition) is 6. The van der Waals surface area contributed by atoms with E-state index in [1.165, 1.54) is 0 Å². The van der Waals surface area contributed by atoms with Crippen LogP contribution in [0.1, 0.15) is 33.3 Å². The monoisotopic (exact) mass is 397 g/mol. The molecule has 6 nitrogen and oxygen atoms in total. The molecule has 130 valence electrons. The molecule has 1 aromatic rings. The van der Waals surface area contributed by atoms with Crippen LogP contribution in [0.25, 0.3) is 0 Å². The third kappa shape index (κ3) is 3.61. The number of benzene rings is 1. The zero-order valence-corrected chi connectivity index (χ0v) is 15.6. The summed E-state index contributed by atoms with van der Waals surface area (Å²) >= 11 is 3.34. The minimum Gasteiger partial charge on any atom is -0.463 e. The molecule has 1 heterocycles. The number of halogens is 1. The second kappa shape index (κ2) is 6.93. The van der Waals surface area contributed by atoms with Gasteiger partial charge in [-0.05, 0) is 39.8 Å². The molecule has 0 bridgehead atoms. The summed E-state index contributed by atoms with van der Waals surface area (Å²) in [6, 6.07) is 5.71. The number of carbonyl (C=O) groups excluding carboxylic acids is 2. The van der Waals surface area contributed by atoms with E-state index in [0.29, 0.717) is 5.56 Å². The molecule has 0 aromatic heterocycles. The number of hydrogen-bond donors (Lipinski definition) is 0. The van der Waals surface area contributed by atoms with E-state index in [0.717, 1.165) is 10.9 Å². The number of ether oxygens (including phenoxy) is 3. The van der Waals surface area contributed by atoms with Crippen molar-refractivity contribution in [1.29, 1.82) is 0 Å². The van der Waals surface area contributed by atoms with Crippen molar-refractivity contribution in [3.63, 3.8) is 0 Å². The zero-order valence-electron chi connectivity index (χ0n) is 14.0. The molecule has 0 amide bonds. The maximum absolute atomic E-state index is 12.7. The molecule has 24 heavy (non-hydrogen) atoms. The van der Waals surface area contributed by atoms with Crippen molar-refractivity contribution in [2.24, 2.45) is 4.99 Å². The average molecular weight is 398 g/mol. The fourth-order valence-corrected chi connectivity index (χ4v) is 2.63. The molecule has 2 rings (SSSR count). The molecular weight excluding hydrogens is 378 g/mol. The summed E-state index contributed by atoms with van der Waals surface area (Å²) < 4.78 is 16.9. The Hall–Kier alpha value is -1.89. The van der Waals surface area contributed by atoms with Crippen LogP contribution in [0.4, 0.5) is 0 Å². The summed E-state index contributed by atoms with van der Waals surface area (Å²) in [5.74, 6) is -1.33. The highest BCUT2D eigenvalue weighted by molar-refractivity contribution is 9.10. The molecule has 0 N–H and O–H groups in total. The van der Waals surface area contributed by atoms with Crippen molar-refractivity contribution in [1.82, 2.24) is 0 Å². The van der Waals surface area contributed by atoms with Crippen molar-refractivity contribution in [3.05, 3.63) is 34.3 Å². The zero-order chi connectivity index (χ0) is 18.0. The summed E-state index contributed by atoms with van der Waals surface area (Å²) in [6.45, 7) is 7.08. The molecule has 0 unspecified atom stereocenters. The molecule has 0 spiro atoms. The molecule has 1 aliphatic rings. The quantitative estimate of drug-likeness (QED) is 0.730. The topological polar surface area (TPSA) is 74.2 Å². The SMILES string of the molecule is CCOC(=O)[C@]1(c2ccc(Br)cc2)OC=N[C@@H]1C(=O)OC(C)(C)C. The van der Waals surface area contributed by atoms with Gasteiger partial charge in [-0.1, -0.05) is 28.1 Å². The van der Waals surface area contributed by atoms with E-state index in [2.05, 4.69) is 20.9 Å². The van der Waals surface area contributed by atoms with Crippen LogP contribution in [0, 0.1) is 0 Å². The van der Waals surface area contributed by atoms with Gasteiger partial charge in [-0.2, -0.15) is 0 Å². The molecule has 1 aliphatic heterocycles. The van der Waals surface area contributed by atoms with Gasteiger partial charge in [0.1, 0.15) is 5.60 Å². The summed E-state index contributed by atoms with van der Waals surface area (Å²) in [7, 11) is 0. The number of carbonyl (C=O) groups is 2. The highest BCUT2D eigenvalue weighted by Gasteiger charge is 2.58. The van der Waals surface area contributed by atoms with Crippen LogP contribution in [0.3, 0.4) is 0 Å². The van der Waals surface area contributed by atoms with E-state index in [1.807, 2.05) is 0 Å². The molecule has 1 aromatic carbocycles. The second-order valence-corrected chi connectivity index (χ2v) is 7.19. The molecule has 0 saturated heterocycles. The van der Waals surface area contributed by atoms with Gasteiger partial charge in [-0.25, -0.2) is 14.6 Å². The van der Waals surface area contributed by atoms with E-state index in [1.54, 1.807) is 52.0 Å². The van der Waals surface area contributed by atoms with Crippen LogP contribution in [0.2, 0.25) is 0 Å². The first-order valence-electron chi connectivity index (χ1n) is 7.56. The van der Waals surface area contributed by atoms with E-state index in [-0.39, 0.29) is 6.61 Å². The lowest BCUT2D eigenvalue weighted by atomic mass is 9.86. The van der Waals surface area contributed by atoms with Gasteiger partial charge in [0.05, 0.1) is 6.61 Å². The van der Waals surface area contributed by atoms with Gasteiger partial charge in [0, 0.05) is 10.0 Å². The summed E-state index contributed by atoms with van der Waals surface area (Å²) in [5, 5.41) is 0. The van der Waals surface area contributed by atoms with Gasteiger partial charge >= 0.3 is 11.9 Å². The lowest BCUT2D eigenvalue weighted by Crippen LogP contribution is -2.51. The minimum absolute atomic E-state index is 0.154. The van der Waals surface area contributed by atoms with Crippen molar-refractivity contribution in [2.45, 2.75) is 44.9 Å². The molecule has 7 heteroatoms. The van der Waals surface area contributed by atoms with Gasteiger partial charge in [0.25, 0.3) is 5.60 Å². The van der Waals surface area contributed by atoms with Crippen molar-refractivity contribution in [3.8, 4) is 0 Å². The first-order chi connectivity index (χ1) is 11.2. The molecule has 0 fully saturated rings. The Morgan fingerprint density at radius 2 is 1.92 bits per heavy atom. The maximum Gasteiger partial charge on any atom is 0.358 e. The third-order valence-corrected chi connectivity index (χ3v) is 3.84. The molecule has 0 radical (unpaired) electrons. The Labute approximate surface area is 149 Å². The Balaban J connectivity index is 2.47. The molecule has 0 aliphatic carbocycles. The van der Waals surface area contributed by atoms with Crippen LogP contribution in [0.15, 0.2) is 33.7 Å². The molecular formula is C17H20BrNO5. The predicted octanol–water partition coefficient (Wildman–Crippen LogP) is 2.98. The van der Waals surface area contributed by atoms with Gasteiger partial charge in [0.2, 0.25) is 6.04 Å². The largest absolute Gasteiger partial charge is 0.463 e. The Morgan fingerprint density at radius 1 is 1.29 bits per heavy atom. The van der Waals surface area contributed by atoms with Crippen molar-refractivity contribution < 1.29 is 23.8 Å². The van der Waals surface area contributed by atoms with Gasteiger partial charge in [0.15, 0.2) is 6.40 Å². The van der Waals surface area contributed by atoms with Gasteiger partial charge in [-0.3, -0.25) is 0 Å². The fourth-order valence-electron chi connectivity index (χ4n) is 2.37. The van der Waals surface area contributed by atoms with Crippen LogP contribution in [0.5, 0.6) is 0 Å². The van der Waals surface area contributed by atoms with E-state index >= 15 is 0 Å². The summed E-state index contributed by atoms with van der Waals surface area (Å²) in [5.41, 5.74) is -1.92. The Kier molecular flexibility index (Phi) is 5.32. The van der Waals surface area contributed by atoms with Crippen LogP contribution in [-0.2, 0) is 29.4 Å². The first-order valence-corrected chi connectivity index (χ1v) is 8.35. The normalized spacial score (nSPS) is 22.8. The van der Waals surface area contributed by atoms with Crippen LogP contribution in [-0.4, -0.2) is 36.6 Å². The second-order valence-electron chi connectivity index (χ2n) is 6.27. The summed E-state index contributed by atoms with van der Waals surface area (Å²) in [6.07, 6.45) is 1.10. The van der Waals surface area contributed by atoms with E-state index in [4.69, 9.17) is 14.2 Å². The van der Waals surface area contributed by atoms with Crippen LogP contribution >= 0.6 is 15.9 Å². The van der Waals surface area contributed by atoms with Crippen molar-refractivity contribution in [2.75, 3.05) is 6.61 Å². The van der Waals surface area contributed by atoms with E-state index in [9.17, 15) is 9.59 Å². The smallest absolute Gasteiger partial charge is 0.358 e. The number of aliphatic imine (C=N–C) groups is 1. The van der Waals surface area contributed by atoms with Gasteiger partial charge < -0.3 is 14.2 Å². The van der Waals surface area contributed by atoms with E-state index < -0.39 is 29.2 Å². The average Bonchev–Trinajstić information content (AvgIpc) is 2.92. The predicted molar refractivity (Wildman–Crippen MR) is 91.7 cm³/mol. The van der Waals surface area contributed by atoms with Gasteiger partial charge in [-0.15, -0.1) is 0 Å². The minimum atomic E-state index is -1.68. The number of nitrogens with zero attached hydrogens (tertiary/aromatic N) is 1. The lowest BCUT2D eigenvalue weighted by Gasteiger charge is -2.31. The third-order valence-electron chi connectivity index (χ3n) is 3.32. The number of rotatable bonds is 4. The summed E-state index contributed by atoms with van der Waals surface area (Å²) in [4.78, 5) is 29.3. The Morgan fingerprint density at radius 3 is 2.46 bits per heavy atom. The molecule has 0 saturated carbocycles. The van der Waals surface area contributed by atoms with Crippen molar-refractivity contribution >= 4 is 34.3 Å². The standard InChI is InChI=1S/C17H20BrNO5/c1-5-22-15(21)17(11-6-8-12(18)9-7-11)13(19-10-23-17)14(20)24-16(2,3)4/h6-10,13H,5H2,1-4H3/t13-,17-/m1/s1.